The van der Waals surface area contributed by atoms with Crippen molar-refractivity contribution in [2.24, 2.45) is 5.16 Å². The number of anilines is 2. The van der Waals surface area contributed by atoms with Crippen LogP contribution in [0.4, 0.5) is 21.9 Å². The largest absolute Gasteiger partial charge is 0.437 e. The zero-order valence-corrected chi connectivity index (χ0v) is 14.2. The van der Waals surface area contributed by atoms with Crippen LogP contribution in [0.2, 0.25) is 0 Å². The van der Waals surface area contributed by atoms with Crippen molar-refractivity contribution in [3.8, 4) is 0 Å². The highest BCUT2D eigenvalue weighted by molar-refractivity contribution is 6.07. The first-order valence-electron chi connectivity index (χ1n) is 8.22. The van der Waals surface area contributed by atoms with Crippen LogP contribution in [0.5, 0.6) is 0 Å². The molecule has 26 heavy (non-hydrogen) atoms. The molecule has 8 heteroatoms. The number of benzene rings is 2. The summed E-state index contributed by atoms with van der Waals surface area (Å²) in [5.41, 5.74) is 3.07. The van der Waals surface area contributed by atoms with Crippen molar-refractivity contribution >= 4 is 28.9 Å². The van der Waals surface area contributed by atoms with Crippen LogP contribution >= 0.6 is 0 Å². The average Bonchev–Trinajstić information content (AvgIpc) is 2.66. The van der Waals surface area contributed by atoms with Gasteiger partial charge in [0.05, 0.1) is 10.6 Å². The van der Waals surface area contributed by atoms with Crippen LogP contribution in [0, 0.1) is 10.1 Å². The third kappa shape index (κ3) is 3.80. The molecule has 2 aromatic carbocycles. The van der Waals surface area contributed by atoms with E-state index in [2.05, 4.69) is 22.3 Å². The summed E-state index contributed by atoms with van der Waals surface area (Å²) in [6.45, 7) is 3.79. The van der Waals surface area contributed by atoms with Gasteiger partial charge in [0, 0.05) is 48.6 Å². The first kappa shape index (κ1) is 17.4. The molecule has 0 fully saturated rings. The molecule has 0 atom stereocenters. The Hall–Kier alpha value is -3.42. The number of amides is 1. The van der Waals surface area contributed by atoms with Gasteiger partial charge in [0.25, 0.3) is 5.69 Å². The smallest absolute Gasteiger partial charge is 0.371 e. The van der Waals surface area contributed by atoms with Crippen LogP contribution in [0.3, 0.4) is 0 Å². The number of nitro benzene ring substituents is 1. The summed E-state index contributed by atoms with van der Waals surface area (Å²) in [5.74, 6) is 0. The summed E-state index contributed by atoms with van der Waals surface area (Å²) < 4.78 is 0. The Kier molecular flexibility index (Phi) is 5.12. The van der Waals surface area contributed by atoms with E-state index in [0.29, 0.717) is 17.8 Å². The molecule has 1 heterocycles. The maximum absolute atomic E-state index is 11.9. The second-order valence-electron chi connectivity index (χ2n) is 5.69. The summed E-state index contributed by atoms with van der Waals surface area (Å²) in [4.78, 5) is 29.3. The lowest BCUT2D eigenvalue weighted by Gasteiger charge is -2.30. The lowest BCUT2D eigenvalue weighted by Crippen LogP contribution is -2.32. The van der Waals surface area contributed by atoms with E-state index in [-0.39, 0.29) is 5.69 Å². The Morgan fingerprint density at radius 2 is 2.00 bits per heavy atom. The number of carbonyl (C=O) groups is 1. The lowest BCUT2D eigenvalue weighted by atomic mass is 10.00. The first-order chi connectivity index (χ1) is 12.6. The monoisotopic (exact) mass is 354 g/mol. The molecule has 0 spiro atoms. The van der Waals surface area contributed by atoms with Crippen molar-refractivity contribution < 1.29 is 14.6 Å². The normalized spacial score (nSPS) is 14.7. The van der Waals surface area contributed by atoms with Gasteiger partial charge < -0.3 is 4.90 Å². The van der Waals surface area contributed by atoms with Gasteiger partial charge in [-0.25, -0.2) is 4.79 Å². The fraction of sp³-hybridized carbons (Fsp3) is 0.222. The highest BCUT2D eigenvalue weighted by Crippen LogP contribution is 2.27. The molecule has 0 saturated carbocycles. The molecule has 3 rings (SSSR count). The third-order valence-corrected chi connectivity index (χ3v) is 4.12. The van der Waals surface area contributed by atoms with Crippen molar-refractivity contribution in [2.45, 2.75) is 13.3 Å². The molecule has 2 aromatic rings. The molecule has 0 unspecified atom stereocenters. The van der Waals surface area contributed by atoms with Crippen molar-refractivity contribution in [2.75, 3.05) is 23.3 Å². The number of fused-ring (bicyclic) bond motifs is 1. The van der Waals surface area contributed by atoms with Crippen LogP contribution in [-0.2, 0) is 4.84 Å². The molecule has 0 aromatic heterocycles. The summed E-state index contributed by atoms with van der Waals surface area (Å²) >= 11 is 0. The third-order valence-electron chi connectivity index (χ3n) is 4.12. The molecule has 1 N–H and O–H groups in total. The Morgan fingerprint density at radius 1 is 1.27 bits per heavy atom. The first-order valence-corrected chi connectivity index (χ1v) is 8.22. The highest BCUT2D eigenvalue weighted by Gasteiger charge is 2.21. The van der Waals surface area contributed by atoms with Gasteiger partial charge in [-0.3, -0.25) is 20.3 Å². The molecule has 0 radical (unpaired) electrons. The molecule has 1 amide bonds. The van der Waals surface area contributed by atoms with Gasteiger partial charge >= 0.3 is 6.09 Å². The summed E-state index contributed by atoms with van der Waals surface area (Å²) in [7, 11) is 0. The molecular formula is C18H18N4O4. The fourth-order valence-corrected chi connectivity index (χ4v) is 2.82. The number of nitrogens with zero attached hydrogens (tertiary/aromatic N) is 3. The van der Waals surface area contributed by atoms with Crippen molar-refractivity contribution in [3.05, 3.63) is 64.2 Å². The number of oxime groups is 1. The molecule has 0 saturated heterocycles. The number of hydrogen-bond donors (Lipinski definition) is 1. The Morgan fingerprint density at radius 3 is 2.69 bits per heavy atom. The van der Waals surface area contributed by atoms with Gasteiger partial charge in [-0.2, -0.15) is 0 Å². The predicted molar refractivity (Wildman–Crippen MR) is 98.7 cm³/mol. The van der Waals surface area contributed by atoms with E-state index < -0.39 is 11.0 Å². The van der Waals surface area contributed by atoms with E-state index in [9.17, 15) is 14.9 Å². The average molecular weight is 354 g/mol. The SMILES string of the molecule is CCN1CC/C(=N\OC(=O)Nc2ccc([N+](=O)[O-])cc2)c2ccccc21. The van der Waals surface area contributed by atoms with Crippen LogP contribution < -0.4 is 10.2 Å². The number of rotatable bonds is 4. The van der Waals surface area contributed by atoms with Gasteiger partial charge in [0.2, 0.25) is 0 Å². The van der Waals surface area contributed by atoms with E-state index in [1.54, 1.807) is 0 Å². The minimum atomic E-state index is -0.748. The van der Waals surface area contributed by atoms with Crippen molar-refractivity contribution in [1.82, 2.24) is 0 Å². The van der Waals surface area contributed by atoms with E-state index in [1.165, 1.54) is 24.3 Å². The maximum Gasteiger partial charge on any atom is 0.437 e. The summed E-state index contributed by atoms with van der Waals surface area (Å²) in [6.07, 6.45) is -0.0721. The maximum atomic E-state index is 11.9. The van der Waals surface area contributed by atoms with Gasteiger partial charge in [-0.15, -0.1) is 0 Å². The summed E-state index contributed by atoms with van der Waals surface area (Å²) in [5, 5.41) is 17.1. The minimum absolute atomic E-state index is 0.0524. The number of nitrogens with one attached hydrogen (secondary N) is 1. The standard InChI is InChI=1S/C18H18N4O4/c1-2-21-12-11-16(15-5-3-4-6-17(15)21)20-26-18(23)19-13-7-9-14(10-8-13)22(24)25/h3-10H,2,11-12H2,1H3,(H,19,23)/b20-16+. The molecule has 0 aliphatic carbocycles. The minimum Gasteiger partial charge on any atom is -0.371 e. The van der Waals surface area contributed by atoms with Gasteiger partial charge in [-0.1, -0.05) is 23.4 Å². The Balaban J connectivity index is 1.67. The Labute approximate surface area is 150 Å². The molecular weight excluding hydrogens is 336 g/mol. The number of carbonyl (C=O) groups excluding carboxylic acids is 1. The molecule has 134 valence electrons. The second-order valence-corrected chi connectivity index (χ2v) is 5.69. The lowest BCUT2D eigenvalue weighted by molar-refractivity contribution is -0.384. The van der Waals surface area contributed by atoms with E-state index in [4.69, 9.17) is 4.84 Å². The number of para-hydroxylation sites is 1. The fourth-order valence-electron chi connectivity index (χ4n) is 2.82. The number of nitro groups is 1. The number of non-ortho nitro benzene ring substituents is 1. The van der Waals surface area contributed by atoms with Gasteiger partial charge in [0.1, 0.15) is 0 Å². The van der Waals surface area contributed by atoms with E-state index >= 15 is 0 Å². The van der Waals surface area contributed by atoms with E-state index in [0.717, 1.165) is 24.3 Å². The molecule has 1 aliphatic rings. The quantitative estimate of drug-likeness (QED) is 0.512. The van der Waals surface area contributed by atoms with Gasteiger partial charge in [-0.05, 0) is 25.1 Å². The van der Waals surface area contributed by atoms with Crippen LogP contribution in [0.1, 0.15) is 18.9 Å². The zero-order valence-electron chi connectivity index (χ0n) is 14.2. The molecule has 8 nitrogen and oxygen atoms in total. The Bertz CT molecular complexity index is 849. The van der Waals surface area contributed by atoms with E-state index in [1.807, 2.05) is 24.3 Å². The van der Waals surface area contributed by atoms with Crippen molar-refractivity contribution in [3.63, 3.8) is 0 Å². The topological polar surface area (TPSA) is 97.1 Å². The number of hydrogen-bond acceptors (Lipinski definition) is 6. The van der Waals surface area contributed by atoms with Crippen LogP contribution in [0.25, 0.3) is 0 Å². The zero-order chi connectivity index (χ0) is 18.5. The summed E-state index contributed by atoms with van der Waals surface area (Å²) in [6, 6.07) is 13.3. The van der Waals surface area contributed by atoms with Crippen molar-refractivity contribution in [1.29, 1.82) is 0 Å². The van der Waals surface area contributed by atoms with Crippen LogP contribution in [0.15, 0.2) is 53.7 Å². The van der Waals surface area contributed by atoms with Gasteiger partial charge in [0.15, 0.2) is 0 Å². The molecule has 1 aliphatic heterocycles. The van der Waals surface area contributed by atoms with Crippen LogP contribution in [-0.4, -0.2) is 29.8 Å². The predicted octanol–water partition coefficient (Wildman–Crippen LogP) is 3.78. The second kappa shape index (κ2) is 7.64. The molecule has 0 bridgehead atoms. The highest BCUT2D eigenvalue weighted by atomic mass is 16.7.